The minimum atomic E-state index is -5.00. The molecule has 0 amide bonds. The van der Waals surface area contributed by atoms with Crippen molar-refractivity contribution >= 4 is 39.9 Å². The molecule has 4 nitrogen and oxygen atoms in total. The second-order valence-corrected chi connectivity index (χ2v) is 7.22. The number of hydrogen-bond donors (Lipinski definition) is 0. The molecular weight excluding hydrogens is 426 g/mol. The summed E-state index contributed by atoms with van der Waals surface area (Å²) in [5.74, 6) is 0.0321. The molecule has 2 heterocycles. The van der Waals surface area contributed by atoms with Crippen LogP contribution >= 0.6 is 23.2 Å². The Hall–Kier alpha value is -2.13. The predicted octanol–water partition coefficient (Wildman–Crippen LogP) is 5.76. The summed E-state index contributed by atoms with van der Waals surface area (Å²) in [4.78, 5) is 4.52. The van der Waals surface area contributed by atoms with Gasteiger partial charge in [-0.3, -0.25) is 0 Å². The normalized spacial score (nSPS) is 12.6. The zero-order valence-corrected chi connectivity index (χ0v) is 16.3. The first-order valence-electron chi connectivity index (χ1n) is 7.82. The third-order valence-corrected chi connectivity index (χ3v) is 4.43. The Bertz CT molecular complexity index is 1050. The van der Waals surface area contributed by atoms with Gasteiger partial charge in [-0.1, -0.05) is 11.6 Å². The SMILES string of the molecule is Cc1cc(Cl)ccc1-n1nc2cc(C(F)(F)Cl)nc(C(F)(F)F)c2c1N(C)C. The van der Waals surface area contributed by atoms with E-state index in [4.69, 9.17) is 23.2 Å². The lowest BCUT2D eigenvalue weighted by atomic mass is 10.1. The van der Waals surface area contributed by atoms with Crippen molar-refractivity contribution in [2.45, 2.75) is 18.5 Å². The van der Waals surface area contributed by atoms with Crippen LogP contribution in [0.25, 0.3) is 16.6 Å². The maximum atomic E-state index is 13.6. The summed E-state index contributed by atoms with van der Waals surface area (Å²) >= 11 is 10.9. The second-order valence-electron chi connectivity index (χ2n) is 6.31. The Kier molecular flexibility index (Phi) is 4.95. The quantitative estimate of drug-likeness (QED) is 0.385. The molecule has 11 heteroatoms. The Balaban J connectivity index is 2.47. The van der Waals surface area contributed by atoms with Gasteiger partial charge in [0.1, 0.15) is 11.5 Å². The van der Waals surface area contributed by atoms with E-state index in [0.29, 0.717) is 16.3 Å². The summed E-state index contributed by atoms with van der Waals surface area (Å²) < 4.78 is 69.2. The first-order chi connectivity index (χ1) is 12.8. The van der Waals surface area contributed by atoms with E-state index in [1.54, 1.807) is 25.1 Å². The maximum Gasteiger partial charge on any atom is 0.434 e. The third-order valence-electron chi connectivity index (χ3n) is 4.00. The highest BCUT2D eigenvalue weighted by atomic mass is 35.5. The summed E-state index contributed by atoms with van der Waals surface area (Å²) in [7, 11) is 3.03. The molecule has 0 radical (unpaired) electrons. The summed E-state index contributed by atoms with van der Waals surface area (Å²) in [6, 6.07) is 5.50. The molecule has 0 spiro atoms. The van der Waals surface area contributed by atoms with Gasteiger partial charge in [0.25, 0.3) is 0 Å². The van der Waals surface area contributed by atoms with Crippen molar-refractivity contribution in [3.8, 4) is 5.69 Å². The predicted molar refractivity (Wildman–Crippen MR) is 97.7 cm³/mol. The highest BCUT2D eigenvalue weighted by molar-refractivity contribution is 6.30. The molecular formula is C17H13Cl2F5N4. The van der Waals surface area contributed by atoms with Crippen molar-refractivity contribution in [3.63, 3.8) is 0 Å². The third kappa shape index (κ3) is 3.60. The van der Waals surface area contributed by atoms with E-state index < -0.39 is 28.3 Å². The molecule has 1 aromatic carbocycles. The van der Waals surface area contributed by atoms with Gasteiger partial charge in [-0.15, -0.1) is 0 Å². The van der Waals surface area contributed by atoms with E-state index in [0.717, 1.165) is 6.07 Å². The van der Waals surface area contributed by atoms with Gasteiger partial charge in [-0.25, -0.2) is 9.67 Å². The molecule has 0 atom stereocenters. The maximum absolute atomic E-state index is 13.6. The largest absolute Gasteiger partial charge is 0.434 e. The van der Waals surface area contributed by atoms with Crippen LogP contribution in [0.1, 0.15) is 17.0 Å². The number of fused-ring (bicyclic) bond motifs is 1. The van der Waals surface area contributed by atoms with Crippen LogP contribution in [0.15, 0.2) is 24.3 Å². The molecule has 0 fully saturated rings. The van der Waals surface area contributed by atoms with Crippen molar-refractivity contribution in [2.24, 2.45) is 0 Å². The van der Waals surface area contributed by atoms with Crippen LogP contribution in [0.5, 0.6) is 0 Å². The Morgan fingerprint density at radius 1 is 1.07 bits per heavy atom. The first-order valence-corrected chi connectivity index (χ1v) is 8.58. The minimum Gasteiger partial charge on any atom is -0.362 e. The van der Waals surface area contributed by atoms with Crippen molar-refractivity contribution in [3.05, 3.63) is 46.2 Å². The number of anilines is 1. The monoisotopic (exact) mass is 438 g/mol. The zero-order valence-electron chi connectivity index (χ0n) is 14.7. The first kappa shape index (κ1) is 20.6. The zero-order chi connectivity index (χ0) is 21.0. The van der Waals surface area contributed by atoms with Gasteiger partial charge >= 0.3 is 11.6 Å². The number of aryl methyl sites for hydroxylation is 1. The fraction of sp³-hybridized carbons (Fsp3) is 0.294. The topological polar surface area (TPSA) is 34.0 Å². The van der Waals surface area contributed by atoms with Gasteiger partial charge in [0.15, 0.2) is 5.69 Å². The summed E-state index contributed by atoms with van der Waals surface area (Å²) in [6.45, 7) is 1.70. The Morgan fingerprint density at radius 2 is 1.71 bits per heavy atom. The number of hydrogen-bond acceptors (Lipinski definition) is 3. The van der Waals surface area contributed by atoms with Crippen LogP contribution in [0.4, 0.5) is 27.8 Å². The number of aromatic nitrogens is 3. The number of alkyl halides is 6. The molecule has 28 heavy (non-hydrogen) atoms. The molecule has 3 rings (SSSR count). The lowest BCUT2D eigenvalue weighted by Gasteiger charge is -2.18. The van der Waals surface area contributed by atoms with Crippen LogP contribution in [-0.4, -0.2) is 28.9 Å². The highest BCUT2D eigenvalue weighted by Crippen LogP contribution is 2.42. The Morgan fingerprint density at radius 3 is 2.21 bits per heavy atom. The molecule has 0 bridgehead atoms. The highest BCUT2D eigenvalue weighted by Gasteiger charge is 2.41. The molecule has 0 aliphatic carbocycles. The van der Waals surface area contributed by atoms with Gasteiger partial charge in [0, 0.05) is 19.1 Å². The van der Waals surface area contributed by atoms with E-state index in [9.17, 15) is 22.0 Å². The van der Waals surface area contributed by atoms with Crippen molar-refractivity contribution in [2.75, 3.05) is 19.0 Å². The average molecular weight is 439 g/mol. The smallest absolute Gasteiger partial charge is 0.362 e. The lowest BCUT2D eigenvalue weighted by Crippen LogP contribution is -2.18. The summed E-state index contributed by atoms with van der Waals surface area (Å²) in [6.07, 6.45) is -5.00. The van der Waals surface area contributed by atoms with Crippen LogP contribution in [-0.2, 0) is 11.6 Å². The number of halogens is 7. The molecule has 2 aromatic heterocycles. The fourth-order valence-corrected chi connectivity index (χ4v) is 3.20. The van der Waals surface area contributed by atoms with Crippen molar-refractivity contribution < 1.29 is 22.0 Å². The molecule has 0 aliphatic heterocycles. The Labute approximate surface area is 166 Å². The summed E-state index contributed by atoms with van der Waals surface area (Å²) in [5.41, 5.74) is -1.95. The van der Waals surface area contributed by atoms with E-state index in [1.165, 1.54) is 23.7 Å². The van der Waals surface area contributed by atoms with Crippen molar-refractivity contribution in [1.29, 1.82) is 0 Å². The van der Waals surface area contributed by atoms with Crippen LogP contribution < -0.4 is 4.90 Å². The standard InChI is InChI=1S/C17H13Cl2F5N4/c1-8-6-9(18)4-5-11(8)28-15(27(2)3)13-10(26-28)7-12(16(19,20)21)25-14(13)17(22,23)24/h4-7H,1-3H3. The fourth-order valence-electron chi connectivity index (χ4n) is 2.88. The van der Waals surface area contributed by atoms with Gasteiger partial charge in [-0.2, -0.15) is 27.1 Å². The second kappa shape index (κ2) is 6.73. The van der Waals surface area contributed by atoms with E-state index in [1.807, 2.05) is 0 Å². The van der Waals surface area contributed by atoms with Crippen LogP contribution in [0.2, 0.25) is 5.02 Å². The molecule has 150 valence electrons. The molecule has 0 unspecified atom stereocenters. The van der Waals surface area contributed by atoms with Gasteiger partial charge in [0.05, 0.1) is 16.6 Å². The summed E-state index contributed by atoms with van der Waals surface area (Å²) in [5, 5.41) is 0.0962. The molecule has 0 saturated heterocycles. The number of nitrogens with zero attached hydrogens (tertiary/aromatic N) is 4. The molecule has 0 N–H and O–H groups in total. The van der Waals surface area contributed by atoms with Crippen LogP contribution in [0, 0.1) is 6.92 Å². The number of rotatable bonds is 3. The van der Waals surface area contributed by atoms with Gasteiger partial charge in [-0.05, 0) is 48.4 Å². The lowest BCUT2D eigenvalue weighted by molar-refractivity contribution is -0.140. The average Bonchev–Trinajstić information content (AvgIpc) is 2.91. The minimum absolute atomic E-state index is 0.0321. The van der Waals surface area contributed by atoms with E-state index in [2.05, 4.69) is 10.1 Å². The molecule has 0 saturated carbocycles. The van der Waals surface area contributed by atoms with Crippen LogP contribution in [0.3, 0.4) is 0 Å². The van der Waals surface area contributed by atoms with Gasteiger partial charge in [0.2, 0.25) is 0 Å². The van der Waals surface area contributed by atoms with Gasteiger partial charge < -0.3 is 4.90 Å². The van der Waals surface area contributed by atoms with E-state index >= 15 is 0 Å². The van der Waals surface area contributed by atoms with E-state index in [-0.39, 0.29) is 11.3 Å². The molecule has 3 aromatic rings. The number of benzene rings is 1. The number of pyridine rings is 1. The van der Waals surface area contributed by atoms with Crippen molar-refractivity contribution in [1.82, 2.24) is 14.8 Å². The molecule has 0 aliphatic rings.